The molecule has 1 aliphatic heterocycles. The third kappa shape index (κ3) is 3.76. The van der Waals surface area contributed by atoms with Gasteiger partial charge in [-0.3, -0.25) is 4.79 Å². The van der Waals surface area contributed by atoms with Crippen LogP contribution >= 0.6 is 23.4 Å². The van der Waals surface area contributed by atoms with Crippen LogP contribution < -0.4 is 14.8 Å². The molecule has 2 heterocycles. The van der Waals surface area contributed by atoms with Gasteiger partial charge >= 0.3 is 0 Å². The number of thioether (sulfide) groups is 1. The minimum absolute atomic E-state index is 0.134. The number of amides is 1. The third-order valence-electron chi connectivity index (χ3n) is 3.46. The normalized spacial score (nSPS) is 12.2. The minimum atomic E-state index is -0.194. The fourth-order valence-electron chi connectivity index (χ4n) is 2.30. The molecule has 0 unspecified atom stereocenters. The van der Waals surface area contributed by atoms with E-state index in [9.17, 15) is 4.79 Å². The summed E-state index contributed by atoms with van der Waals surface area (Å²) in [6, 6.07) is 12.3. The molecule has 4 rings (SSSR count). The van der Waals surface area contributed by atoms with Crippen molar-refractivity contribution < 1.29 is 18.7 Å². The molecule has 0 bridgehead atoms. The molecule has 0 aliphatic carbocycles. The summed E-state index contributed by atoms with van der Waals surface area (Å²) < 4.78 is 16.2. The van der Waals surface area contributed by atoms with Gasteiger partial charge in [-0.05, 0) is 36.4 Å². The number of carbonyl (C=O) groups is 1. The summed E-state index contributed by atoms with van der Waals surface area (Å²) in [6.45, 7) is 0.200. The summed E-state index contributed by atoms with van der Waals surface area (Å²) in [4.78, 5) is 12.0. The molecule has 2 aromatic carbocycles. The molecule has 1 aromatic heterocycles. The fourth-order valence-corrected chi connectivity index (χ4v) is 3.06. The van der Waals surface area contributed by atoms with E-state index in [2.05, 4.69) is 15.5 Å². The number of benzene rings is 2. The van der Waals surface area contributed by atoms with E-state index in [-0.39, 0.29) is 18.5 Å². The van der Waals surface area contributed by atoms with E-state index in [4.69, 9.17) is 25.5 Å². The van der Waals surface area contributed by atoms with Crippen molar-refractivity contribution in [1.29, 1.82) is 0 Å². The number of halogens is 1. The van der Waals surface area contributed by atoms with Crippen LogP contribution in [0.15, 0.2) is 52.1 Å². The van der Waals surface area contributed by atoms with Crippen molar-refractivity contribution in [3.63, 3.8) is 0 Å². The molecule has 1 amide bonds. The highest BCUT2D eigenvalue weighted by Gasteiger charge is 2.17. The number of nitrogens with one attached hydrogen (secondary N) is 1. The first-order valence-electron chi connectivity index (χ1n) is 7.59. The van der Waals surface area contributed by atoms with E-state index in [1.54, 1.807) is 42.5 Å². The number of hydrogen-bond acceptors (Lipinski definition) is 7. The van der Waals surface area contributed by atoms with E-state index in [1.807, 2.05) is 0 Å². The Morgan fingerprint density at radius 3 is 2.92 bits per heavy atom. The van der Waals surface area contributed by atoms with Crippen molar-refractivity contribution in [3.8, 4) is 23.0 Å². The molecule has 0 fully saturated rings. The van der Waals surface area contributed by atoms with Crippen LogP contribution in [0.25, 0.3) is 11.5 Å². The number of aromatic nitrogens is 2. The zero-order valence-corrected chi connectivity index (χ0v) is 14.8. The Morgan fingerprint density at radius 1 is 1.15 bits per heavy atom. The van der Waals surface area contributed by atoms with Crippen LogP contribution in [0.1, 0.15) is 0 Å². The summed E-state index contributed by atoms with van der Waals surface area (Å²) in [5, 5.41) is 11.6. The maximum absolute atomic E-state index is 12.0. The monoisotopic (exact) mass is 389 g/mol. The lowest BCUT2D eigenvalue weighted by atomic mass is 10.2. The maximum atomic E-state index is 12.0. The Labute approximate surface area is 157 Å². The predicted molar refractivity (Wildman–Crippen MR) is 96.7 cm³/mol. The number of rotatable bonds is 5. The summed E-state index contributed by atoms with van der Waals surface area (Å²) in [5.74, 6) is 1.60. The highest BCUT2D eigenvalue weighted by atomic mass is 35.5. The molecular formula is C17H12ClN3O4S. The van der Waals surface area contributed by atoms with Gasteiger partial charge in [0.15, 0.2) is 11.5 Å². The van der Waals surface area contributed by atoms with Crippen molar-refractivity contribution in [2.75, 3.05) is 17.9 Å². The van der Waals surface area contributed by atoms with E-state index in [0.29, 0.717) is 33.3 Å². The van der Waals surface area contributed by atoms with Crippen LogP contribution in [-0.4, -0.2) is 28.7 Å². The number of ether oxygens (including phenoxy) is 2. The van der Waals surface area contributed by atoms with Crippen molar-refractivity contribution in [1.82, 2.24) is 10.2 Å². The average molecular weight is 390 g/mol. The molecule has 132 valence electrons. The van der Waals surface area contributed by atoms with Gasteiger partial charge in [0, 0.05) is 16.3 Å². The Kier molecular flexibility index (Phi) is 4.68. The average Bonchev–Trinajstić information content (AvgIpc) is 3.28. The Balaban J connectivity index is 1.37. The maximum Gasteiger partial charge on any atom is 0.277 e. The largest absolute Gasteiger partial charge is 0.454 e. The lowest BCUT2D eigenvalue weighted by Crippen LogP contribution is -2.13. The van der Waals surface area contributed by atoms with Crippen LogP contribution in [-0.2, 0) is 4.79 Å². The van der Waals surface area contributed by atoms with Crippen LogP contribution in [0, 0.1) is 0 Å². The molecule has 0 saturated heterocycles. The molecule has 1 aliphatic rings. The zero-order chi connectivity index (χ0) is 17.9. The van der Waals surface area contributed by atoms with Gasteiger partial charge in [0.25, 0.3) is 5.22 Å². The summed E-state index contributed by atoms with van der Waals surface area (Å²) in [7, 11) is 0. The van der Waals surface area contributed by atoms with Crippen molar-refractivity contribution in [2.45, 2.75) is 5.22 Å². The first-order chi connectivity index (χ1) is 12.7. The molecule has 9 heteroatoms. The summed E-state index contributed by atoms with van der Waals surface area (Å²) >= 11 is 7.04. The Hall–Kier alpha value is -2.71. The zero-order valence-electron chi connectivity index (χ0n) is 13.3. The molecule has 3 aromatic rings. The molecule has 0 atom stereocenters. The number of fused-ring (bicyclic) bond motifs is 1. The predicted octanol–water partition coefficient (Wildman–Crippen LogP) is 3.85. The third-order valence-corrected chi connectivity index (χ3v) is 4.51. The molecule has 1 N–H and O–H groups in total. The molecule has 0 saturated carbocycles. The molecule has 0 radical (unpaired) electrons. The van der Waals surface area contributed by atoms with Gasteiger partial charge < -0.3 is 19.2 Å². The number of carbonyl (C=O) groups excluding carboxylic acids is 1. The molecule has 26 heavy (non-hydrogen) atoms. The van der Waals surface area contributed by atoms with E-state index in [0.717, 1.165) is 17.3 Å². The van der Waals surface area contributed by atoms with Crippen molar-refractivity contribution >= 4 is 35.0 Å². The van der Waals surface area contributed by atoms with E-state index in [1.165, 1.54) is 0 Å². The van der Waals surface area contributed by atoms with Crippen LogP contribution in [0.4, 0.5) is 5.69 Å². The highest BCUT2D eigenvalue weighted by Crippen LogP contribution is 2.36. The quantitative estimate of drug-likeness (QED) is 0.663. The molecular weight excluding hydrogens is 378 g/mol. The van der Waals surface area contributed by atoms with Crippen LogP contribution in [0.5, 0.6) is 11.5 Å². The van der Waals surface area contributed by atoms with Gasteiger partial charge in [-0.25, -0.2) is 0 Å². The Bertz CT molecular complexity index is 963. The number of hydrogen-bond donors (Lipinski definition) is 1. The number of anilines is 1. The smallest absolute Gasteiger partial charge is 0.277 e. The van der Waals surface area contributed by atoms with Gasteiger partial charge in [0.05, 0.1) is 5.75 Å². The van der Waals surface area contributed by atoms with Crippen LogP contribution in [0.3, 0.4) is 0 Å². The van der Waals surface area contributed by atoms with E-state index >= 15 is 0 Å². The van der Waals surface area contributed by atoms with Crippen molar-refractivity contribution in [2.24, 2.45) is 0 Å². The lowest BCUT2D eigenvalue weighted by Gasteiger charge is -2.03. The molecule has 0 spiro atoms. The fraction of sp³-hybridized carbons (Fsp3) is 0.118. The van der Waals surface area contributed by atoms with E-state index < -0.39 is 0 Å². The van der Waals surface area contributed by atoms with Gasteiger partial charge in [0.1, 0.15) is 0 Å². The second-order valence-corrected chi connectivity index (χ2v) is 6.65. The summed E-state index contributed by atoms with van der Waals surface area (Å²) in [5.41, 5.74) is 1.35. The van der Waals surface area contributed by atoms with Crippen LogP contribution in [0.2, 0.25) is 5.02 Å². The van der Waals surface area contributed by atoms with Gasteiger partial charge in [-0.15, -0.1) is 10.2 Å². The van der Waals surface area contributed by atoms with Gasteiger partial charge in [-0.1, -0.05) is 29.4 Å². The standard InChI is InChI=1S/C17H12ClN3O4S/c18-11-2-1-3-12(7-11)19-15(22)8-26-17-21-20-16(25-17)10-4-5-13-14(6-10)24-9-23-13/h1-7H,8-9H2,(H,19,22). The second-order valence-electron chi connectivity index (χ2n) is 5.29. The highest BCUT2D eigenvalue weighted by molar-refractivity contribution is 7.99. The first kappa shape index (κ1) is 16.7. The molecule has 7 nitrogen and oxygen atoms in total. The Morgan fingerprint density at radius 2 is 2.04 bits per heavy atom. The minimum Gasteiger partial charge on any atom is -0.454 e. The van der Waals surface area contributed by atoms with Gasteiger partial charge in [0.2, 0.25) is 18.6 Å². The summed E-state index contributed by atoms with van der Waals surface area (Å²) in [6.07, 6.45) is 0. The first-order valence-corrected chi connectivity index (χ1v) is 8.95. The topological polar surface area (TPSA) is 86.5 Å². The number of nitrogens with zero attached hydrogens (tertiary/aromatic N) is 2. The van der Waals surface area contributed by atoms with Crippen molar-refractivity contribution in [3.05, 3.63) is 47.5 Å². The second kappa shape index (κ2) is 7.27. The van der Waals surface area contributed by atoms with Gasteiger partial charge in [-0.2, -0.15) is 0 Å². The lowest BCUT2D eigenvalue weighted by molar-refractivity contribution is -0.113. The SMILES string of the molecule is O=C(CSc1nnc(-c2ccc3c(c2)OCO3)o1)Nc1cccc(Cl)c1.